The molecule has 5 nitrogen and oxygen atoms in total. The number of nitrogens with one attached hydrogen (secondary N) is 1. The standard InChI is InChI=1S/C13H20N2O3S/c1-6(2)7(3)15-12-9(13(17)18-5)10(14)11(19-12)8(4)16/h6-7,15H,14H2,1-5H3. The highest BCUT2D eigenvalue weighted by molar-refractivity contribution is 7.19. The molecule has 0 amide bonds. The normalized spacial score (nSPS) is 12.3. The van der Waals surface area contributed by atoms with Crippen LogP contribution in [0.25, 0.3) is 0 Å². The van der Waals surface area contributed by atoms with Crippen molar-refractivity contribution in [1.29, 1.82) is 0 Å². The third-order valence-corrected chi connectivity index (χ3v) is 4.25. The molecule has 1 heterocycles. The zero-order valence-electron chi connectivity index (χ0n) is 11.9. The molecule has 0 aliphatic rings. The predicted octanol–water partition coefficient (Wildman–Crippen LogP) is 2.78. The molecule has 0 saturated heterocycles. The van der Waals surface area contributed by atoms with E-state index in [1.54, 1.807) is 0 Å². The molecule has 0 spiro atoms. The Kier molecular flexibility index (Phi) is 4.94. The van der Waals surface area contributed by atoms with Crippen molar-refractivity contribution in [1.82, 2.24) is 0 Å². The number of ether oxygens (including phenoxy) is 1. The lowest BCUT2D eigenvalue weighted by molar-refractivity contribution is 0.0603. The van der Waals surface area contributed by atoms with Gasteiger partial charge in [-0.3, -0.25) is 4.79 Å². The number of carbonyl (C=O) groups is 2. The van der Waals surface area contributed by atoms with E-state index in [9.17, 15) is 9.59 Å². The van der Waals surface area contributed by atoms with Gasteiger partial charge in [0.2, 0.25) is 0 Å². The molecule has 1 rings (SSSR count). The molecule has 1 atom stereocenters. The summed E-state index contributed by atoms with van der Waals surface area (Å²) in [6.07, 6.45) is 0. The van der Waals surface area contributed by atoms with Crippen molar-refractivity contribution < 1.29 is 14.3 Å². The molecule has 3 N–H and O–H groups in total. The van der Waals surface area contributed by atoms with Crippen LogP contribution in [0.2, 0.25) is 0 Å². The number of Topliss-reactive ketones (excluding diaryl/α,β-unsaturated/α-hetero) is 1. The zero-order valence-corrected chi connectivity index (χ0v) is 12.7. The molecule has 0 radical (unpaired) electrons. The van der Waals surface area contributed by atoms with Gasteiger partial charge in [-0.15, -0.1) is 11.3 Å². The lowest BCUT2D eigenvalue weighted by atomic mass is 10.1. The Morgan fingerprint density at radius 2 is 1.89 bits per heavy atom. The summed E-state index contributed by atoms with van der Waals surface area (Å²) in [6.45, 7) is 7.57. The van der Waals surface area contributed by atoms with Crippen molar-refractivity contribution in [3.05, 3.63) is 10.4 Å². The Balaban J connectivity index is 3.25. The predicted molar refractivity (Wildman–Crippen MR) is 78.0 cm³/mol. The number of methoxy groups -OCH3 is 1. The SMILES string of the molecule is COC(=O)c1c(NC(C)C(C)C)sc(C(C)=O)c1N. The minimum absolute atomic E-state index is 0.154. The van der Waals surface area contributed by atoms with E-state index in [1.165, 1.54) is 25.4 Å². The summed E-state index contributed by atoms with van der Waals surface area (Å²) >= 11 is 1.20. The van der Waals surface area contributed by atoms with Gasteiger partial charge in [-0.1, -0.05) is 13.8 Å². The molecule has 0 aliphatic heterocycles. The second kappa shape index (κ2) is 6.06. The largest absolute Gasteiger partial charge is 0.465 e. The molecular weight excluding hydrogens is 264 g/mol. The topological polar surface area (TPSA) is 81.4 Å². The van der Waals surface area contributed by atoms with Gasteiger partial charge in [0.05, 0.1) is 17.7 Å². The first kappa shape index (κ1) is 15.5. The van der Waals surface area contributed by atoms with E-state index in [0.717, 1.165) is 0 Å². The maximum absolute atomic E-state index is 11.8. The molecular formula is C13H20N2O3S. The van der Waals surface area contributed by atoms with Crippen LogP contribution >= 0.6 is 11.3 Å². The molecule has 6 heteroatoms. The number of nitrogens with two attached hydrogens (primary N) is 1. The average Bonchev–Trinajstić information content (AvgIpc) is 2.65. The van der Waals surface area contributed by atoms with E-state index < -0.39 is 5.97 Å². The van der Waals surface area contributed by atoms with Crippen LogP contribution in [0.3, 0.4) is 0 Å². The van der Waals surface area contributed by atoms with Gasteiger partial charge in [-0.2, -0.15) is 0 Å². The Morgan fingerprint density at radius 3 is 2.32 bits per heavy atom. The fourth-order valence-electron chi connectivity index (χ4n) is 1.49. The smallest absolute Gasteiger partial charge is 0.343 e. The zero-order chi connectivity index (χ0) is 14.7. The van der Waals surface area contributed by atoms with Crippen molar-refractivity contribution in [3.63, 3.8) is 0 Å². The van der Waals surface area contributed by atoms with Crippen molar-refractivity contribution in [2.24, 2.45) is 5.92 Å². The van der Waals surface area contributed by atoms with Gasteiger partial charge >= 0.3 is 5.97 Å². The lowest BCUT2D eigenvalue weighted by Gasteiger charge is -2.18. The van der Waals surface area contributed by atoms with Gasteiger partial charge in [0.15, 0.2) is 5.78 Å². The summed E-state index contributed by atoms with van der Waals surface area (Å²) in [5.41, 5.74) is 6.33. The summed E-state index contributed by atoms with van der Waals surface area (Å²) in [5, 5.41) is 3.82. The maximum Gasteiger partial charge on any atom is 0.343 e. The number of thiophene rings is 1. The summed E-state index contributed by atoms with van der Waals surface area (Å²) in [4.78, 5) is 23.7. The monoisotopic (exact) mass is 284 g/mol. The molecule has 0 saturated carbocycles. The number of hydrogen-bond acceptors (Lipinski definition) is 6. The van der Waals surface area contributed by atoms with Gasteiger partial charge < -0.3 is 15.8 Å². The quantitative estimate of drug-likeness (QED) is 0.642. The minimum atomic E-state index is -0.528. The highest BCUT2D eigenvalue weighted by atomic mass is 32.1. The Labute approximate surface area is 117 Å². The first-order valence-corrected chi connectivity index (χ1v) is 6.89. The molecule has 19 heavy (non-hydrogen) atoms. The van der Waals surface area contributed by atoms with E-state index in [1.807, 2.05) is 6.92 Å². The van der Waals surface area contributed by atoms with Crippen LogP contribution in [0.15, 0.2) is 0 Å². The first-order chi connectivity index (χ1) is 8.79. The van der Waals surface area contributed by atoms with Crippen LogP contribution in [0.5, 0.6) is 0 Å². The molecule has 0 bridgehead atoms. The van der Waals surface area contributed by atoms with Crippen LogP contribution in [0.1, 0.15) is 47.7 Å². The molecule has 1 unspecified atom stereocenters. The minimum Gasteiger partial charge on any atom is -0.465 e. The number of esters is 1. The molecule has 0 aromatic carbocycles. The van der Waals surface area contributed by atoms with Crippen molar-refractivity contribution in [3.8, 4) is 0 Å². The van der Waals surface area contributed by atoms with Crippen LogP contribution in [0, 0.1) is 5.92 Å². The molecule has 1 aromatic rings. The molecule has 0 fully saturated rings. The number of carbonyl (C=O) groups excluding carboxylic acids is 2. The summed E-state index contributed by atoms with van der Waals surface area (Å²) in [7, 11) is 1.29. The van der Waals surface area contributed by atoms with Gasteiger partial charge in [0, 0.05) is 13.0 Å². The van der Waals surface area contributed by atoms with E-state index >= 15 is 0 Å². The number of rotatable bonds is 5. The maximum atomic E-state index is 11.8. The Hall–Kier alpha value is -1.56. The van der Waals surface area contributed by atoms with E-state index in [2.05, 4.69) is 19.2 Å². The fourth-order valence-corrected chi connectivity index (χ4v) is 2.59. The summed E-state index contributed by atoms with van der Waals surface area (Å²) < 4.78 is 4.73. The van der Waals surface area contributed by atoms with Gasteiger partial charge in [-0.25, -0.2) is 4.79 Å². The van der Waals surface area contributed by atoms with Crippen LogP contribution in [0.4, 0.5) is 10.7 Å². The van der Waals surface area contributed by atoms with E-state index in [-0.39, 0.29) is 23.1 Å². The van der Waals surface area contributed by atoms with E-state index in [4.69, 9.17) is 10.5 Å². The van der Waals surface area contributed by atoms with Crippen molar-refractivity contribution >= 4 is 33.8 Å². The second-order valence-corrected chi connectivity index (χ2v) is 5.79. The van der Waals surface area contributed by atoms with Gasteiger partial charge in [0.1, 0.15) is 10.6 Å². The number of anilines is 2. The first-order valence-electron chi connectivity index (χ1n) is 6.07. The molecule has 106 valence electrons. The summed E-state index contributed by atoms with van der Waals surface area (Å²) in [6, 6.07) is 0.154. The number of hydrogen-bond donors (Lipinski definition) is 2. The Bertz CT molecular complexity index is 494. The van der Waals surface area contributed by atoms with Crippen LogP contribution in [-0.4, -0.2) is 24.9 Å². The fraction of sp³-hybridized carbons (Fsp3) is 0.538. The average molecular weight is 284 g/mol. The third-order valence-electron chi connectivity index (χ3n) is 3.01. The van der Waals surface area contributed by atoms with E-state index in [0.29, 0.717) is 15.8 Å². The highest BCUT2D eigenvalue weighted by Gasteiger charge is 2.25. The van der Waals surface area contributed by atoms with Crippen LogP contribution < -0.4 is 11.1 Å². The molecule has 0 aliphatic carbocycles. The number of ketones is 1. The lowest BCUT2D eigenvalue weighted by Crippen LogP contribution is -2.22. The van der Waals surface area contributed by atoms with Crippen molar-refractivity contribution in [2.75, 3.05) is 18.2 Å². The van der Waals surface area contributed by atoms with Gasteiger partial charge in [0.25, 0.3) is 0 Å². The molecule has 1 aromatic heterocycles. The van der Waals surface area contributed by atoms with Crippen molar-refractivity contribution in [2.45, 2.75) is 33.7 Å². The Morgan fingerprint density at radius 1 is 1.32 bits per heavy atom. The third kappa shape index (κ3) is 3.26. The highest BCUT2D eigenvalue weighted by Crippen LogP contribution is 2.37. The van der Waals surface area contributed by atoms with Crippen LogP contribution in [-0.2, 0) is 4.74 Å². The van der Waals surface area contributed by atoms with Gasteiger partial charge in [-0.05, 0) is 12.8 Å². The summed E-state index contributed by atoms with van der Waals surface area (Å²) in [5.74, 6) is -0.299. The number of nitrogen functional groups attached to an aromatic ring is 1. The second-order valence-electron chi connectivity index (χ2n) is 4.77.